The molecule has 2 rings (SSSR count). The summed E-state index contributed by atoms with van der Waals surface area (Å²) in [6.45, 7) is 2.65. The van der Waals surface area contributed by atoms with Crippen LogP contribution in [-0.4, -0.2) is 35.3 Å². The van der Waals surface area contributed by atoms with Crippen LogP contribution in [0.3, 0.4) is 0 Å². The van der Waals surface area contributed by atoms with Crippen LogP contribution in [-0.2, 0) is 9.53 Å². The van der Waals surface area contributed by atoms with Gasteiger partial charge in [-0.3, -0.25) is 4.79 Å². The maximum Gasteiger partial charge on any atom is 0.254 e. The number of nitrogens with one attached hydrogen (secondary N) is 1. The highest BCUT2D eigenvalue weighted by Gasteiger charge is 2.30. The summed E-state index contributed by atoms with van der Waals surface area (Å²) in [4.78, 5) is 16.3. The second-order valence-electron chi connectivity index (χ2n) is 4.73. The molecule has 0 spiro atoms. The predicted octanol–water partition coefficient (Wildman–Crippen LogP) is 1.18. The first-order chi connectivity index (χ1) is 9.70. The molecule has 0 saturated carbocycles. The third-order valence-corrected chi connectivity index (χ3v) is 3.10. The van der Waals surface area contributed by atoms with Crippen molar-refractivity contribution in [3.05, 3.63) is 23.9 Å². The highest BCUT2D eigenvalue weighted by atomic mass is 16.5. The standard InChI is InChI=1S/C15H18N2O3/c1-11-8-10-20-14(11)15(19)17-13-7-4-6-12(16-13)5-2-3-9-18/h4,6-7,11,14,18H,3,8-10H2,1H3,(H,16,17,19). The molecule has 20 heavy (non-hydrogen) atoms. The first kappa shape index (κ1) is 14.5. The van der Waals surface area contributed by atoms with E-state index < -0.39 is 6.10 Å². The van der Waals surface area contributed by atoms with E-state index in [0.717, 1.165) is 6.42 Å². The smallest absolute Gasteiger partial charge is 0.254 e. The predicted molar refractivity (Wildman–Crippen MR) is 75.0 cm³/mol. The van der Waals surface area contributed by atoms with Crippen molar-refractivity contribution >= 4 is 11.7 Å². The van der Waals surface area contributed by atoms with Gasteiger partial charge in [0.05, 0.1) is 6.61 Å². The van der Waals surface area contributed by atoms with Crippen LogP contribution >= 0.6 is 0 Å². The number of amides is 1. The third kappa shape index (κ3) is 3.80. The summed E-state index contributed by atoms with van der Waals surface area (Å²) in [7, 11) is 0. The number of pyridine rings is 1. The number of rotatable bonds is 3. The molecular formula is C15H18N2O3. The highest BCUT2D eigenvalue weighted by molar-refractivity contribution is 5.93. The molecule has 0 bridgehead atoms. The van der Waals surface area contributed by atoms with Crippen molar-refractivity contribution in [1.82, 2.24) is 4.98 Å². The van der Waals surface area contributed by atoms with Crippen LogP contribution in [0.25, 0.3) is 0 Å². The van der Waals surface area contributed by atoms with E-state index in [1.54, 1.807) is 18.2 Å². The molecule has 1 fully saturated rings. The Balaban J connectivity index is 2.01. The molecule has 106 valence electrons. The molecule has 5 nitrogen and oxygen atoms in total. The lowest BCUT2D eigenvalue weighted by Crippen LogP contribution is -2.31. The van der Waals surface area contributed by atoms with E-state index in [1.807, 2.05) is 6.92 Å². The van der Waals surface area contributed by atoms with E-state index in [-0.39, 0.29) is 18.4 Å². The van der Waals surface area contributed by atoms with Gasteiger partial charge in [-0.15, -0.1) is 0 Å². The Morgan fingerprint density at radius 2 is 2.45 bits per heavy atom. The number of hydrogen-bond donors (Lipinski definition) is 2. The summed E-state index contributed by atoms with van der Waals surface area (Å²) in [6.07, 6.45) is 0.907. The van der Waals surface area contributed by atoms with E-state index in [4.69, 9.17) is 9.84 Å². The quantitative estimate of drug-likeness (QED) is 0.812. The second kappa shape index (κ2) is 7.04. The highest BCUT2D eigenvalue weighted by Crippen LogP contribution is 2.21. The van der Waals surface area contributed by atoms with E-state index in [2.05, 4.69) is 22.1 Å². The summed E-state index contributed by atoms with van der Waals surface area (Å²) < 4.78 is 5.41. The van der Waals surface area contributed by atoms with Gasteiger partial charge in [0.25, 0.3) is 5.91 Å². The van der Waals surface area contributed by atoms with Crippen molar-refractivity contribution in [2.75, 3.05) is 18.5 Å². The molecule has 1 aromatic rings. The number of aliphatic hydroxyl groups excluding tert-OH is 1. The van der Waals surface area contributed by atoms with E-state index >= 15 is 0 Å². The van der Waals surface area contributed by atoms with Gasteiger partial charge >= 0.3 is 0 Å². The van der Waals surface area contributed by atoms with Crippen LogP contribution in [0.1, 0.15) is 25.5 Å². The van der Waals surface area contributed by atoms with Gasteiger partial charge in [-0.1, -0.05) is 18.9 Å². The summed E-state index contributed by atoms with van der Waals surface area (Å²) in [5.41, 5.74) is 0.566. The monoisotopic (exact) mass is 274 g/mol. The number of aromatic nitrogens is 1. The largest absolute Gasteiger partial charge is 0.395 e. The zero-order valence-corrected chi connectivity index (χ0v) is 11.4. The molecule has 1 saturated heterocycles. The van der Waals surface area contributed by atoms with Gasteiger partial charge in [0.15, 0.2) is 0 Å². The van der Waals surface area contributed by atoms with E-state index in [1.165, 1.54) is 0 Å². The van der Waals surface area contributed by atoms with E-state index in [0.29, 0.717) is 24.5 Å². The van der Waals surface area contributed by atoms with Crippen LogP contribution in [0.2, 0.25) is 0 Å². The molecule has 0 radical (unpaired) electrons. The molecule has 2 atom stereocenters. The van der Waals surface area contributed by atoms with Crippen LogP contribution in [0.15, 0.2) is 18.2 Å². The molecule has 5 heteroatoms. The minimum Gasteiger partial charge on any atom is -0.395 e. The molecule has 1 aliphatic heterocycles. The Bertz CT molecular complexity index is 533. The third-order valence-electron chi connectivity index (χ3n) is 3.10. The van der Waals surface area contributed by atoms with Crippen molar-refractivity contribution < 1.29 is 14.6 Å². The summed E-state index contributed by atoms with van der Waals surface area (Å²) in [6, 6.07) is 5.26. The van der Waals surface area contributed by atoms with Crippen molar-refractivity contribution in [2.45, 2.75) is 25.9 Å². The molecule has 1 aromatic heterocycles. The van der Waals surface area contributed by atoms with Gasteiger partial charge in [0, 0.05) is 13.0 Å². The molecule has 0 aromatic carbocycles. The summed E-state index contributed by atoms with van der Waals surface area (Å²) in [5, 5.41) is 11.4. The number of carbonyl (C=O) groups excluding carboxylic acids is 1. The van der Waals surface area contributed by atoms with Crippen molar-refractivity contribution in [1.29, 1.82) is 0 Å². The minimum absolute atomic E-state index is 0.0281. The summed E-state index contributed by atoms with van der Waals surface area (Å²) in [5.74, 6) is 6.15. The van der Waals surface area contributed by atoms with Gasteiger partial charge in [-0.2, -0.15) is 0 Å². The molecule has 1 amide bonds. The molecule has 0 aliphatic carbocycles. The number of hydrogen-bond acceptors (Lipinski definition) is 4. The van der Waals surface area contributed by atoms with Crippen LogP contribution in [0.5, 0.6) is 0 Å². The van der Waals surface area contributed by atoms with Gasteiger partial charge in [0.1, 0.15) is 17.6 Å². The fourth-order valence-electron chi connectivity index (χ4n) is 2.01. The average molecular weight is 274 g/mol. The Hall–Kier alpha value is -1.90. The maximum absolute atomic E-state index is 12.1. The molecule has 2 N–H and O–H groups in total. The summed E-state index contributed by atoms with van der Waals surface area (Å²) >= 11 is 0. The molecular weight excluding hydrogens is 256 g/mol. The lowest BCUT2D eigenvalue weighted by molar-refractivity contribution is -0.126. The zero-order chi connectivity index (χ0) is 14.4. The molecule has 2 heterocycles. The van der Waals surface area contributed by atoms with Crippen LogP contribution in [0.4, 0.5) is 5.82 Å². The second-order valence-corrected chi connectivity index (χ2v) is 4.73. The Labute approximate surface area is 118 Å². The Morgan fingerprint density at radius 1 is 1.60 bits per heavy atom. The Morgan fingerprint density at radius 3 is 3.15 bits per heavy atom. The van der Waals surface area contributed by atoms with Crippen molar-refractivity contribution in [2.24, 2.45) is 5.92 Å². The number of ether oxygens (including phenoxy) is 1. The first-order valence-corrected chi connectivity index (χ1v) is 6.70. The van der Waals surface area contributed by atoms with Crippen molar-refractivity contribution in [3.8, 4) is 11.8 Å². The average Bonchev–Trinajstić information content (AvgIpc) is 2.86. The maximum atomic E-state index is 12.1. The van der Waals surface area contributed by atoms with Crippen LogP contribution < -0.4 is 5.32 Å². The topological polar surface area (TPSA) is 71.5 Å². The zero-order valence-electron chi connectivity index (χ0n) is 11.4. The van der Waals surface area contributed by atoms with Gasteiger partial charge in [0.2, 0.25) is 0 Å². The van der Waals surface area contributed by atoms with Gasteiger partial charge in [-0.25, -0.2) is 4.98 Å². The first-order valence-electron chi connectivity index (χ1n) is 6.70. The van der Waals surface area contributed by atoms with E-state index in [9.17, 15) is 4.79 Å². The van der Waals surface area contributed by atoms with Gasteiger partial charge < -0.3 is 15.2 Å². The lowest BCUT2D eigenvalue weighted by atomic mass is 10.0. The van der Waals surface area contributed by atoms with Crippen molar-refractivity contribution in [3.63, 3.8) is 0 Å². The van der Waals surface area contributed by atoms with Crippen LogP contribution in [0, 0.1) is 17.8 Å². The van der Waals surface area contributed by atoms with Gasteiger partial charge in [-0.05, 0) is 30.4 Å². The molecule has 2 unspecified atom stereocenters. The SMILES string of the molecule is CC1CCOC1C(=O)Nc1cccc(C#CCCO)n1. The number of anilines is 1. The number of aliphatic hydroxyl groups is 1. The normalized spacial score (nSPS) is 21.1. The minimum atomic E-state index is -0.402. The number of nitrogens with zero attached hydrogens (tertiary/aromatic N) is 1. The fraction of sp³-hybridized carbons (Fsp3) is 0.467. The molecule has 1 aliphatic rings. The fourth-order valence-corrected chi connectivity index (χ4v) is 2.01. The lowest BCUT2D eigenvalue weighted by Gasteiger charge is -2.13. The Kier molecular flexibility index (Phi) is 5.10. The number of carbonyl (C=O) groups is 1.